The van der Waals surface area contributed by atoms with E-state index < -0.39 is 65.7 Å². The van der Waals surface area contributed by atoms with Crippen molar-refractivity contribution in [1.82, 2.24) is 10.2 Å². The highest BCUT2D eigenvalue weighted by Crippen LogP contribution is 2.49. The van der Waals surface area contributed by atoms with Crippen LogP contribution in [0, 0.1) is 5.92 Å². The molecule has 2 N–H and O–H groups in total. The van der Waals surface area contributed by atoms with E-state index in [-0.39, 0.29) is 34.9 Å². The van der Waals surface area contributed by atoms with E-state index >= 15 is 0 Å². The molecular formula is C38H54ClN3O10S. The maximum absolute atomic E-state index is 14.1. The normalized spacial score (nSPS) is 31.5. The monoisotopic (exact) mass is 779 g/mol. The number of amides is 3. The third-order valence-electron chi connectivity index (χ3n) is 10.5. The second kappa shape index (κ2) is 16.6. The van der Waals surface area contributed by atoms with Gasteiger partial charge in [-0.1, -0.05) is 56.2 Å². The van der Waals surface area contributed by atoms with Gasteiger partial charge in [0.05, 0.1) is 25.3 Å². The molecule has 2 saturated heterocycles. The number of ether oxygens (including phenoxy) is 5. The lowest BCUT2D eigenvalue weighted by atomic mass is 9.83. The molecule has 1 unspecified atom stereocenters. The summed E-state index contributed by atoms with van der Waals surface area (Å²) in [6.07, 6.45) is 1.61. The van der Waals surface area contributed by atoms with E-state index in [9.17, 15) is 24.3 Å². The third kappa shape index (κ3) is 9.88. The fourth-order valence-corrected chi connectivity index (χ4v) is 7.23. The Labute approximate surface area is 322 Å². The molecule has 3 aliphatic rings. The number of anilines is 1. The summed E-state index contributed by atoms with van der Waals surface area (Å²) in [6.45, 7) is 10.8. The van der Waals surface area contributed by atoms with Gasteiger partial charge < -0.3 is 38.6 Å². The third-order valence-corrected chi connectivity index (χ3v) is 11.1. The van der Waals surface area contributed by atoms with Crippen molar-refractivity contribution in [3.63, 3.8) is 0 Å². The number of nitrogens with one attached hydrogen (secondary N) is 1. The van der Waals surface area contributed by atoms with Gasteiger partial charge in [-0.3, -0.25) is 14.9 Å². The number of rotatable bonds is 8. The van der Waals surface area contributed by atoms with E-state index in [4.69, 9.17) is 35.3 Å². The van der Waals surface area contributed by atoms with Gasteiger partial charge in [-0.25, -0.2) is 9.59 Å². The first-order chi connectivity index (χ1) is 24.6. The number of benzene rings is 1. The van der Waals surface area contributed by atoms with Crippen molar-refractivity contribution < 1.29 is 48.0 Å². The first-order valence-electron chi connectivity index (χ1n) is 17.7. The fourth-order valence-electron chi connectivity index (χ4n) is 6.81. The van der Waals surface area contributed by atoms with Crippen LogP contribution < -0.4 is 15.0 Å². The molecule has 53 heavy (non-hydrogen) atoms. The van der Waals surface area contributed by atoms with E-state index in [1.165, 1.54) is 31.1 Å². The Bertz CT molecular complexity index is 1630. The molecule has 0 radical (unpaired) electrons. The highest BCUT2D eigenvalue weighted by atomic mass is 35.5. The van der Waals surface area contributed by atoms with Crippen molar-refractivity contribution in [2.45, 2.75) is 120 Å². The van der Waals surface area contributed by atoms with Crippen LogP contribution in [0.5, 0.6) is 5.75 Å². The van der Waals surface area contributed by atoms with Gasteiger partial charge in [0.25, 0.3) is 0 Å². The van der Waals surface area contributed by atoms with Crippen LogP contribution in [0.25, 0.3) is 0 Å². The maximum Gasteiger partial charge on any atom is 0.409 e. The Kier molecular flexibility index (Phi) is 13.3. The standard InChI is InChI=1S/C38H54ClN3O10S/c1-21-12-11-13-28(49-10)38(47)20-27(50-35(46)40-38)22(2)33-37(6,52-33)29(51-34(45)23(3)41(7)30(43)14-15-36(4,5)53)19-31(44)42(8)25-17-24(16-21)18-26(48-9)32(25)39/h11-13,17-18,22-23,27-29,33,47,53H,14-16,19-20H2,1-10H3,(H,40,46)/b13-11+,21-12+/t22-,23+,27+,28?,29+,33+,37+,38+/m1/s1. The quantitative estimate of drug-likeness (QED) is 0.187. The highest BCUT2D eigenvalue weighted by molar-refractivity contribution is 7.81. The number of likely N-dealkylation sites (N-methyl/N-ethyl adjacent to an activating group) is 1. The molecule has 13 nitrogen and oxygen atoms in total. The molecule has 3 heterocycles. The minimum atomic E-state index is -1.83. The molecule has 0 saturated carbocycles. The molecular weight excluding hydrogens is 726 g/mol. The topological polar surface area (TPSA) is 156 Å². The lowest BCUT2D eigenvalue weighted by Crippen LogP contribution is -2.63. The van der Waals surface area contributed by atoms with Gasteiger partial charge >= 0.3 is 12.1 Å². The van der Waals surface area contributed by atoms with Crippen LogP contribution in [0.2, 0.25) is 5.02 Å². The number of nitrogens with zero attached hydrogens (tertiary/aromatic N) is 2. The number of carbonyl (C=O) groups excluding carboxylic acids is 4. The number of methoxy groups -OCH3 is 2. The van der Waals surface area contributed by atoms with Crippen LogP contribution in [0.15, 0.2) is 35.9 Å². The number of allylic oxidation sites excluding steroid dienone is 3. The van der Waals surface area contributed by atoms with Gasteiger partial charge in [0.1, 0.15) is 40.7 Å². The smallest absolute Gasteiger partial charge is 0.409 e. The van der Waals surface area contributed by atoms with Gasteiger partial charge in [-0.15, -0.1) is 0 Å². The fraction of sp³-hybridized carbons (Fsp3) is 0.632. The molecule has 3 aliphatic heterocycles. The molecule has 294 valence electrons. The molecule has 15 heteroatoms. The Morgan fingerprint density at radius 1 is 1.26 bits per heavy atom. The molecule has 1 aromatic rings. The van der Waals surface area contributed by atoms with E-state index in [2.05, 4.69) is 17.9 Å². The van der Waals surface area contributed by atoms with Crippen LogP contribution in [0.3, 0.4) is 0 Å². The second-order valence-electron chi connectivity index (χ2n) is 15.2. The maximum atomic E-state index is 14.1. The van der Waals surface area contributed by atoms with E-state index in [1.807, 2.05) is 26.8 Å². The van der Waals surface area contributed by atoms with Crippen LogP contribution in [0.1, 0.15) is 72.8 Å². The number of esters is 1. The van der Waals surface area contributed by atoms with Crippen LogP contribution in [0.4, 0.5) is 10.5 Å². The van der Waals surface area contributed by atoms with Crippen LogP contribution >= 0.6 is 24.2 Å². The van der Waals surface area contributed by atoms with Crippen molar-refractivity contribution in [1.29, 1.82) is 0 Å². The second-order valence-corrected chi connectivity index (χ2v) is 16.8. The minimum absolute atomic E-state index is 0.0509. The first-order valence-corrected chi connectivity index (χ1v) is 18.5. The number of fused-ring (bicyclic) bond motifs is 5. The first kappa shape index (κ1) is 42.4. The lowest BCUT2D eigenvalue weighted by molar-refractivity contribution is -0.162. The number of thiol groups is 1. The summed E-state index contributed by atoms with van der Waals surface area (Å²) in [5.41, 5.74) is -0.916. The van der Waals surface area contributed by atoms with Crippen molar-refractivity contribution >= 4 is 53.8 Å². The molecule has 4 rings (SSSR count). The van der Waals surface area contributed by atoms with Gasteiger partial charge in [-0.2, -0.15) is 12.6 Å². The molecule has 4 bridgehead atoms. The lowest BCUT2D eigenvalue weighted by Gasteiger charge is -2.42. The number of aliphatic hydroxyl groups is 1. The number of carbonyl (C=O) groups is 4. The van der Waals surface area contributed by atoms with Crippen LogP contribution in [-0.2, 0) is 39.8 Å². The van der Waals surface area contributed by atoms with Crippen LogP contribution in [-0.4, -0.2) is 109 Å². The summed E-state index contributed by atoms with van der Waals surface area (Å²) in [4.78, 5) is 56.5. The molecule has 0 aromatic heterocycles. The number of epoxide rings is 1. The summed E-state index contributed by atoms with van der Waals surface area (Å²) in [5.74, 6) is -1.58. The molecule has 8 atom stereocenters. The molecule has 3 amide bonds. The highest BCUT2D eigenvalue weighted by Gasteiger charge is 2.64. The summed E-state index contributed by atoms with van der Waals surface area (Å²) < 4.78 is 28.8. The van der Waals surface area contributed by atoms with Crippen molar-refractivity contribution in [3.05, 3.63) is 46.5 Å². The largest absolute Gasteiger partial charge is 0.495 e. The van der Waals surface area contributed by atoms with E-state index in [1.54, 1.807) is 52.1 Å². The Balaban J connectivity index is 1.74. The van der Waals surface area contributed by atoms with Gasteiger partial charge in [0, 0.05) is 44.7 Å². The number of halogens is 1. The number of alkyl carbamates (subject to hydrolysis) is 1. The van der Waals surface area contributed by atoms with Gasteiger partial charge in [-0.05, 0) is 51.3 Å². The molecule has 2 fully saturated rings. The molecule has 0 aliphatic carbocycles. The molecule has 0 spiro atoms. The summed E-state index contributed by atoms with van der Waals surface area (Å²) in [7, 11) is 6.02. The average Bonchev–Trinajstić information content (AvgIpc) is 3.78. The van der Waals surface area contributed by atoms with E-state index in [0.717, 1.165) is 11.1 Å². The van der Waals surface area contributed by atoms with Gasteiger partial charge in [0.15, 0.2) is 5.72 Å². The number of hydrogen-bond acceptors (Lipinski definition) is 11. The Morgan fingerprint density at radius 2 is 1.94 bits per heavy atom. The van der Waals surface area contributed by atoms with Crippen molar-refractivity contribution in [3.8, 4) is 5.75 Å². The summed E-state index contributed by atoms with van der Waals surface area (Å²) in [5, 5.41) is 14.5. The Morgan fingerprint density at radius 3 is 2.57 bits per heavy atom. The molecule has 1 aromatic carbocycles. The van der Waals surface area contributed by atoms with E-state index in [0.29, 0.717) is 24.3 Å². The minimum Gasteiger partial charge on any atom is -0.495 e. The summed E-state index contributed by atoms with van der Waals surface area (Å²) >= 11 is 11.3. The Hall–Kier alpha value is -3.30. The number of hydrogen-bond donors (Lipinski definition) is 3. The average molecular weight is 780 g/mol. The zero-order valence-corrected chi connectivity index (χ0v) is 33.9. The zero-order valence-electron chi connectivity index (χ0n) is 32.2. The zero-order chi connectivity index (χ0) is 39.6. The van der Waals surface area contributed by atoms with Crippen molar-refractivity contribution in [2.24, 2.45) is 5.92 Å². The predicted molar refractivity (Wildman–Crippen MR) is 203 cm³/mol. The SMILES string of the molecule is COc1cc2cc(c1Cl)N(C)C(=O)C[C@H](OC(=O)[C@H](C)N(C)C(=O)CCC(C)(C)S)[C@]1(C)O[C@H]1[C@H](C)[C@@H]1C[C@@](O)(NC(=O)O1)C(OC)/C=C/C=C(\C)C2. The summed E-state index contributed by atoms with van der Waals surface area (Å²) in [6, 6.07) is 2.60. The predicted octanol–water partition coefficient (Wildman–Crippen LogP) is 5.00. The van der Waals surface area contributed by atoms with Crippen molar-refractivity contribution in [2.75, 3.05) is 33.2 Å². The van der Waals surface area contributed by atoms with Gasteiger partial charge in [0.2, 0.25) is 11.8 Å².